The molecule has 0 bridgehead atoms. The number of hydrogen-bond acceptors (Lipinski definition) is 4. The van der Waals surface area contributed by atoms with Crippen LogP contribution in [0.1, 0.15) is 81.7 Å². The van der Waals surface area contributed by atoms with Gasteiger partial charge in [-0.15, -0.1) is 0 Å². The van der Waals surface area contributed by atoms with Crippen LogP contribution in [0.3, 0.4) is 0 Å². The van der Waals surface area contributed by atoms with E-state index in [2.05, 4.69) is 80.7 Å². The number of aryl methyl sites for hydroxylation is 2. The van der Waals surface area contributed by atoms with Gasteiger partial charge in [0.05, 0.1) is 28.2 Å². The third-order valence-corrected chi connectivity index (χ3v) is 7.82. The van der Waals surface area contributed by atoms with Crippen molar-refractivity contribution in [1.82, 2.24) is 9.62 Å². The fourth-order valence-electron chi connectivity index (χ4n) is 4.94. The van der Waals surface area contributed by atoms with Crippen molar-refractivity contribution in [2.45, 2.75) is 79.8 Å². The molecule has 0 saturated carbocycles. The molecule has 7 heteroatoms. The van der Waals surface area contributed by atoms with Crippen LogP contribution in [-0.2, 0) is 24.0 Å². The van der Waals surface area contributed by atoms with Crippen molar-refractivity contribution in [1.29, 1.82) is 5.26 Å². The number of piperidine rings is 1. The lowest BCUT2D eigenvalue weighted by molar-refractivity contribution is 0.0835. The van der Waals surface area contributed by atoms with Gasteiger partial charge in [0.2, 0.25) is 0 Å². The van der Waals surface area contributed by atoms with E-state index in [9.17, 15) is 4.21 Å². The highest BCUT2D eigenvalue weighted by atomic mass is 35.5. The van der Waals surface area contributed by atoms with E-state index in [1.54, 1.807) is 6.26 Å². The van der Waals surface area contributed by atoms with Gasteiger partial charge >= 0.3 is 0 Å². The lowest BCUT2D eigenvalue weighted by atomic mass is 9.79. The molecule has 0 aromatic heterocycles. The summed E-state index contributed by atoms with van der Waals surface area (Å²) in [5.74, 6) is 0.519. The Morgan fingerprint density at radius 3 is 2.56 bits per heavy atom. The van der Waals surface area contributed by atoms with Crippen LogP contribution in [0.4, 0.5) is 0 Å². The first-order chi connectivity index (χ1) is 18.5. The minimum Gasteiger partial charge on any atom is -0.491 e. The quantitative estimate of drug-likeness (QED) is 0.321. The lowest BCUT2D eigenvalue weighted by Gasteiger charge is -2.44. The molecular weight excluding hydrogens is 526 g/mol. The van der Waals surface area contributed by atoms with Crippen LogP contribution in [0.2, 0.25) is 5.02 Å². The second-order valence-corrected chi connectivity index (χ2v) is 12.5. The molecule has 2 unspecified atom stereocenters. The summed E-state index contributed by atoms with van der Waals surface area (Å²) in [6, 6.07) is 13.0. The van der Waals surface area contributed by atoms with Crippen LogP contribution in [0.25, 0.3) is 6.08 Å². The maximum Gasteiger partial charge on any atom is 0.155 e. The Balaban J connectivity index is 0.000000293. The molecule has 0 aliphatic carbocycles. The second kappa shape index (κ2) is 16.2. The average Bonchev–Trinajstić information content (AvgIpc) is 2.87. The van der Waals surface area contributed by atoms with E-state index in [0.717, 1.165) is 50.9 Å². The molecule has 39 heavy (non-hydrogen) atoms. The van der Waals surface area contributed by atoms with Gasteiger partial charge in [0, 0.05) is 31.9 Å². The number of ether oxygens (including phenoxy) is 1. The number of allylic oxidation sites excluding steroid dienone is 1. The van der Waals surface area contributed by atoms with Gasteiger partial charge in [-0.25, -0.2) is 8.93 Å². The lowest BCUT2D eigenvalue weighted by Crippen LogP contribution is -2.54. The zero-order valence-corrected chi connectivity index (χ0v) is 26.3. The highest BCUT2D eigenvalue weighted by molar-refractivity contribution is 7.82. The molecular formula is C32H46ClN3O2S. The maximum absolute atomic E-state index is 11.5. The van der Waals surface area contributed by atoms with E-state index < -0.39 is 11.0 Å². The van der Waals surface area contributed by atoms with Gasteiger partial charge in [-0.2, -0.15) is 5.26 Å². The van der Waals surface area contributed by atoms with E-state index in [1.165, 1.54) is 16.7 Å². The van der Waals surface area contributed by atoms with Crippen molar-refractivity contribution in [3.05, 3.63) is 69.2 Å². The first-order valence-corrected chi connectivity index (χ1v) is 15.9. The van der Waals surface area contributed by atoms with Crippen molar-refractivity contribution in [3.8, 4) is 11.8 Å². The van der Waals surface area contributed by atoms with Gasteiger partial charge < -0.3 is 4.74 Å². The summed E-state index contributed by atoms with van der Waals surface area (Å²) in [7, 11) is -0.943. The second-order valence-electron chi connectivity index (χ2n) is 11.0. The smallest absolute Gasteiger partial charge is 0.155 e. The molecule has 214 valence electrons. The Morgan fingerprint density at radius 1 is 1.23 bits per heavy atom. The zero-order chi connectivity index (χ0) is 29.0. The number of halogens is 1. The minimum atomic E-state index is -0.943. The Hall–Kier alpha value is -2.17. The molecule has 0 spiro atoms. The normalized spacial score (nSPS) is 17.8. The summed E-state index contributed by atoms with van der Waals surface area (Å²) in [6.07, 6.45) is 9.90. The number of likely N-dealkylation sites (tertiary alicyclic amines) is 1. The van der Waals surface area contributed by atoms with Gasteiger partial charge in [-0.3, -0.25) is 4.90 Å². The predicted molar refractivity (Wildman–Crippen MR) is 167 cm³/mol. The van der Waals surface area contributed by atoms with E-state index >= 15 is 0 Å². The van der Waals surface area contributed by atoms with Crippen LogP contribution < -0.4 is 9.46 Å². The number of nitrogens with one attached hydrogen (secondary N) is 1. The van der Waals surface area contributed by atoms with Crippen molar-refractivity contribution in [2.75, 3.05) is 26.0 Å². The highest BCUT2D eigenvalue weighted by Crippen LogP contribution is 2.31. The monoisotopic (exact) mass is 571 g/mol. The van der Waals surface area contributed by atoms with Crippen LogP contribution in [0, 0.1) is 23.7 Å². The Bertz CT molecular complexity index is 1170. The first-order valence-electron chi connectivity index (χ1n) is 13.9. The average molecular weight is 572 g/mol. The van der Waals surface area contributed by atoms with E-state index in [4.69, 9.17) is 21.6 Å². The predicted octanol–water partition coefficient (Wildman–Crippen LogP) is 7.46. The zero-order valence-electron chi connectivity index (χ0n) is 24.8. The number of rotatable bonds is 10. The molecule has 0 amide bonds. The minimum absolute atomic E-state index is 0.126. The third-order valence-electron chi connectivity index (χ3n) is 6.93. The standard InChI is InChI=1S/C19H30N2OS.C13H16ClNO/c1-6-7-17-12-16(9-8-15(17)2)13-21-11-10-18(20-23(5)22)19(3,4)14-21;1-3-5-10-7-11(9-15)13(12(14)8-10)16-6-4-2/h6-9,12,18,20H,10-11,13-14H2,1-5H3;7-8H,3-6H2,1-2H3/b7-6-;. The number of hydrogen-bond donors (Lipinski definition) is 1. The molecule has 5 nitrogen and oxygen atoms in total. The molecule has 1 aliphatic rings. The molecule has 0 radical (unpaired) electrons. The molecule has 1 fully saturated rings. The molecule has 1 aliphatic heterocycles. The summed E-state index contributed by atoms with van der Waals surface area (Å²) < 4.78 is 20.2. The van der Waals surface area contributed by atoms with Crippen molar-refractivity contribution >= 4 is 28.7 Å². The maximum atomic E-state index is 11.5. The molecule has 3 rings (SSSR count). The fraction of sp³-hybridized carbons (Fsp3) is 0.531. The Kier molecular flexibility index (Phi) is 13.7. The van der Waals surface area contributed by atoms with Crippen molar-refractivity contribution in [2.24, 2.45) is 5.41 Å². The van der Waals surface area contributed by atoms with Crippen molar-refractivity contribution in [3.63, 3.8) is 0 Å². The van der Waals surface area contributed by atoms with E-state index in [-0.39, 0.29) is 5.41 Å². The third kappa shape index (κ3) is 10.4. The molecule has 2 aromatic carbocycles. The summed E-state index contributed by atoms with van der Waals surface area (Å²) in [5.41, 5.74) is 5.74. The summed E-state index contributed by atoms with van der Waals surface area (Å²) >= 11 is 6.11. The number of nitriles is 1. The Labute approximate surface area is 244 Å². The van der Waals surface area contributed by atoms with Crippen LogP contribution in [-0.4, -0.2) is 41.1 Å². The van der Waals surface area contributed by atoms with Gasteiger partial charge in [-0.1, -0.05) is 76.1 Å². The largest absolute Gasteiger partial charge is 0.491 e. The Morgan fingerprint density at radius 2 is 1.97 bits per heavy atom. The first kappa shape index (κ1) is 33.0. The summed E-state index contributed by atoms with van der Waals surface area (Å²) in [5, 5.41) is 9.58. The van der Waals surface area contributed by atoms with Crippen LogP contribution in [0.15, 0.2) is 36.4 Å². The van der Waals surface area contributed by atoms with Gasteiger partial charge in [0.25, 0.3) is 0 Å². The molecule has 1 heterocycles. The van der Waals surface area contributed by atoms with E-state index in [1.807, 2.05) is 19.1 Å². The van der Waals surface area contributed by atoms with Crippen molar-refractivity contribution < 1.29 is 8.95 Å². The molecule has 2 aromatic rings. The highest BCUT2D eigenvalue weighted by Gasteiger charge is 2.36. The van der Waals surface area contributed by atoms with Crippen LogP contribution >= 0.6 is 11.6 Å². The van der Waals surface area contributed by atoms with Gasteiger partial charge in [-0.05, 0) is 72.9 Å². The molecule has 2 atom stereocenters. The SMILES string of the molecule is C/C=C\c1cc(CN2CCC(NS(C)=O)C(C)(C)C2)ccc1C.CCCOc1c(Cl)cc(CCC)cc1C#N. The number of benzene rings is 2. The summed E-state index contributed by atoms with van der Waals surface area (Å²) in [6.45, 7) is 16.5. The fourth-order valence-corrected chi connectivity index (χ4v) is 6.08. The molecule has 1 saturated heterocycles. The topological polar surface area (TPSA) is 65.4 Å². The van der Waals surface area contributed by atoms with Gasteiger partial charge in [0.15, 0.2) is 5.75 Å². The van der Waals surface area contributed by atoms with E-state index in [0.29, 0.717) is 29.0 Å². The van der Waals surface area contributed by atoms with Gasteiger partial charge in [0.1, 0.15) is 6.07 Å². The summed E-state index contributed by atoms with van der Waals surface area (Å²) in [4.78, 5) is 2.51. The van der Waals surface area contributed by atoms with Crippen LogP contribution in [0.5, 0.6) is 5.75 Å². The molecule has 1 N–H and O–H groups in total. The number of nitrogens with zero attached hydrogens (tertiary/aromatic N) is 2.